The second-order valence-corrected chi connectivity index (χ2v) is 10.7. The minimum Gasteiger partial charge on any atom is -0.465 e. The summed E-state index contributed by atoms with van der Waals surface area (Å²) in [6.07, 6.45) is 3.06. The highest BCUT2D eigenvalue weighted by Gasteiger charge is 2.34. The minimum absolute atomic E-state index is 0.229. The average molecular weight is 563 g/mol. The Morgan fingerprint density at radius 3 is 2.69 bits per heavy atom. The first-order valence-electron chi connectivity index (χ1n) is 12.5. The van der Waals surface area contributed by atoms with Gasteiger partial charge in [-0.25, -0.2) is 14.6 Å². The van der Waals surface area contributed by atoms with Crippen LogP contribution in [0.15, 0.2) is 79.4 Å². The molecule has 0 fully saturated rings. The molecule has 10 heteroatoms. The Morgan fingerprint density at radius 2 is 1.97 bits per heavy atom. The summed E-state index contributed by atoms with van der Waals surface area (Å²) in [4.78, 5) is 45.0. The number of allylic oxidation sites excluding steroid dienone is 1. The van der Waals surface area contributed by atoms with Gasteiger partial charge in [-0.15, -0.1) is 11.3 Å². The third-order valence-electron chi connectivity index (χ3n) is 6.17. The molecule has 0 saturated heterocycles. The summed E-state index contributed by atoms with van der Waals surface area (Å²) in [5.41, 5.74) is 1.91. The molecule has 0 bridgehead atoms. The van der Waals surface area contributed by atoms with Gasteiger partial charge in [0.25, 0.3) is 5.56 Å². The predicted molar refractivity (Wildman–Crippen MR) is 149 cm³/mol. The molecule has 0 aliphatic carbocycles. The normalized spacial score (nSPS) is 15.2. The minimum atomic E-state index is -0.614. The molecule has 0 radical (unpaired) electrons. The van der Waals surface area contributed by atoms with E-state index in [2.05, 4.69) is 0 Å². The Bertz CT molecular complexity index is 1740. The van der Waals surface area contributed by atoms with Gasteiger partial charge in [-0.1, -0.05) is 42.9 Å². The van der Waals surface area contributed by atoms with E-state index >= 15 is 0 Å². The largest absolute Gasteiger partial charge is 0.465 e. The van der Waals surface area contributed by atoms with Crippen LogP contribution in [0.5, 0.6) is 0 Å². The zero-order valence-electron chi connectivity index (χ0n) is 21.6. The fourth-order valence-electron chi connectivity index (χ4n) is 4.47. The van der Waals surface area contributed by atoms with E-state index in [-0.39, 0.29) is 12.2 Å². The van der Waals surface area contributed by atoms with E-state index in [9.17, 15) is 14.4 Å². The number of fused-ring (bicyclic) bond motifs is 1. The molecule has 0 N–H and O–H groups in total. The number of furan rings is 1. The summed E-state index contributed by atoms with van der Waals surface area (Å²) >= 11 is 2.73. The van der Waals surface area contributed by atoms with Crippen LogP contribution >= 0.6 is 22.7 Å². The number of hydrogen-bond acceptors (Lipinski definition) is 9. The van der Waals surface area contributed by atoms with Crippen molar-refractivity contribution in [3.8, 4) is 11.3 Å². The highest BCUT2D eigenvalue weighted by Crippen LogP contribution is 2.34. The number of carbonyl (C=O) groups excluding carboxylic acids is 2. The monoisotopic (exact) mass is 562 g/mol. The topological polar surface area (TPSA) is 100 Å². The molecule has 0 amide bonds. The highest BCUT2D eigenvalue weighted by atomic mass is 32.1. The molecule has 4 aromatic rings. The van der Waals surface area contributed by atoms with Crippen LogP contribution in [-0.2, 0) is 14.3 Å². The molecule has 1 aliphatic heterocycles. The fourth-order valence-corrected chi connectivity index (χ4v) is 6.29. The van der Waals surface area contributed by atoms with E-state index in [1.165, 1.54) is 29.8 Å². The van der Waals surface area contributed by atoms with E-state index in [1.54, 1.807) is 47.9 Å². The number of nitrogens with zero attached hydrogens (tertiary/aromatic N) is 2. The van der Waals surface area contributed by atoms with Gasteiger partial charge in [0.1, 0.15) is 17.6 Å². The van der Waals surface area contributed by atoms with Crippen LogP contribution in [0.4, 0.5) is 0 Å². The molecule has 0 saturated carbocycles. The molecule has 1 aliphatic rings. The lowest BCUT2D eigenvalue weighted by molar-refractivity contribution is -0.139. The number of ether oxygens (including phenoxy) is 2. The van der Waals surface area contributed by atoms with Gasteiger partial charge in [0.15, 0.2) is 4.80 Å². The SMILES string of the molecule is CCCC1=C(C(=O)OCC)C(c2cccs2)n2c(s/c(=C\c3ccc(-c4cccc(C(=O)OC)c4)o3)c2=O)=N1. The van der Waals surface area contributed by atoms with Crippen molar-refractivity contribution in [1.29, 1.82) is 0 Å². The Labute approximate surface area is 232 Å². The van der Waals surface area contributed by atoms with Crippen LogP contribution in [0, 0.1) is 0 Å². The van der Waals surface area contributed by atoms with Gasteiger partial charge >= 0.3 is 11.9 Å². The quantitative estimate of drug-likeness (QED) is 0.289. The molecule has 1 aromatic carbocycles. The van der Waals surface area contributed by atoms with Crippen molar-refractivity contribution in [2.45, 2.75) is 32.7 Å². The molecule has 3 aromatic heterocycles. The van der Waals surface area contributed by atoms with Crippen LogP contribution in [0.25, 0.3) is 17.4 Å². The van der Waals surface area contributed by atoms with Gasteiger partial charge in [0.2, 0.25) is 0 Å². The van der Waals surface area contributed by atoms with Crippen molar-refractivity contribution in [1.82, 2.24) is 4.57 Å². The number of carbonyl (C=O) groups is 2. The number of thiazole rings is 1. The maximum absolute atomic E-state index is 13.8. The van der Waals surface area contributed by atoms with Gasteiger partial charge in [0.05, 0.1) is 35.1 Å². The van der Waals surface area contributed by atoms with Crippen molar-refractivity contribution >= 4 is 40.7 Å². The van der Waals surface area contributed by atoms with Gasteiger partial charge in [-0.2, -0.15) is 0 Å². The first-order chi connectivity index (χ1) is 18.9. The summed E-state index contributed by atoms with van der Waals surface area (Å²) in [5, 5.41) is 1.92. The second-order valence-electron chi connectivity index (χ2n) is 8.70. The number of methoxy groups -OCH3 is 1. The fraction of sp³-hybridized carbons (Fsp3) is 0.241. The molecule has 4 heterocycles. The lowest BCUT2D eigenvalue weighted by atomic mass is 9.99. The highest BCUT2D eigenvalue weighted by molar-refractivity contribution is 7.10. The third kappa shape index (κ3) is 5.17. The van der Waals surface area contributed by atoms with Crippen LogP contribution < -0.4 is 14.9 Å². The lowest BCUT2D eigenvalue weighted by Gasteiger charge is -2.24. The van der Waals surface area contributed by atoms with E-state index in [0.29, 0.717) is 49.7 Å². The van der Waals surface area contributed by atoms with Crippen LogP contribution in [0.1, 0.15) is 53.7 Å². The van der Waals surface area contributed by atoms with Gasteiger partial charge in [-0.05, 0) is 49.1 Å². The maximum atomic E-state index is 13.8. The van der Waals surface area contributed by atoms with Crippen molar-refractivity contribution in [3.63, 3.8) is 0 Å². The van der Waals surface area contributed by atoms with E-state index in [4.69, 9.17) is 18.9 Å². The van der Waals surface area contributed by atoms with E-state index in [0.717, 1.165) is 11.3 Å². The summed E-state index contributed by atoms with van der Waals surface area (Å²) in [5.74, 6) is 0.132. The predicted octanol–water partition coefficient (Wildman–Crippen LogP) is 4.69. The standard InChI is InChI=1S/C29H26N2O6S2/c1-4-8-20-24(28(34)36-5-2)25(22-11-7-14-38-22)31-26(32)23(39-29(31)30-20)16-19-12-13-21(37-19)17-9-6-10-18(15-17)27(33)35-3/h6-7,9-16,25H,4-5,8H2,1-3H3/b23-16-. The number of benzene rings is 1. The third-order valence-corrected chi connectivity index (χ3v) is 8.08. The molecule has 1 unspecified atom stereocenters. The maximum Gasteiger partial charge on any atom is 0.338 e. The van der Waals surface area contributed by atoms with Gasteiger partial charge in [-0.3, -0.25) is 9.36 Å². The van der Waals surface area contributed by atoms with E-state index < -0.39 is 18.0 Å². The van der Waals surface area contributed by atoms with Crippen LogP contribution in [0.3, 0.4) is 0 Å². The first-order valence-corrected chi connectivity index (χ1v) is 14.2. The first kappa shape index (κ1) is 26.6. The number of thiophene rings is 1. The molecule has 8 nitrogen and oxygen atoms in total. The smallest absolute Gasteiger partial charge is 0.338 e. The molecule has 39 heavy (non-hydrogen) atoms. The Balaban J connectivity index is 1.60. The number of hydrogen-bond donors (Lipinski definition) is 0. The zero-order chi connectivity index (χ0) is 27.5. The van der Waals surface area contributed by atoms with Gasteiger partial charge < -0.3 is 13.9 Å². The zero-order valence-corrected chi connectivity index (χ0v) is 23.3. The van der Waals surface area contributed by atoms with Crippen molar-refractivity contribution in [2.75, 3.05) is 13.7 Å². The second kappa shape index (κ2) is 11.4. The summed E-state index contributed by atoms with van der Waals surface area (Å²) in [6, 6.07) is 13.7. The summed E-state index contributed by atoms with van der Waals surface area (Å²) in [7, 11) is 1.33. The Morgan fingerprint density at radius 1 is 1.13 bits per heavy atom. The molecule has 0 spiro atoms. The molecular weight excluding hydrogens is 536 g/mol. The van der Waals surface area contributed by atoms with Crippen molar-refractivity contribution in [2.24, 2.45) is 4.99 Å². The summed E-state index contributed by atoms with van der Waals surface area (Å²) < 4.78 is 18.2. The summed E-state index contributed by atoms with van der Waals surface area (Å²) in [6.45, 7) is 4.01. The molecule has 1 atom stereocenters. The average Bonchev–Trinajstić information content (AvgIpc) is 3.70. The number of esters is 2. The molecular formula is C29H26N2O6S2. The van der Waals surface area contributed by atoms with Gasteiger partial charge in [0, 0.05) is 16.5 Å². The van der Waals surface area contributed by atoms with Crippen molar-refractivity contribution in [3.05, 3.63) is 101 Å². The Kier molecular flexibility index (Phi) is 7.76. The lowest BCUT2D eigenvalue weighted by Crippen LogP contribution is -2.39. The van der Waals surface area contributed by atoms with Crippen molar-refractivity contribution < 1.29 is 23.5 Å². The van der Waals surface area contributed by atoms with Crippen LogP contribution in [-0.4, -0.2) is 30.2 Å². The van der Waals surface area contributed by atoms with E-state index in [1.807, 2.05) is 30.5 Å². The molecule has 5 rings (SSSR count). The van der Waals surface area contributed by atoms with Crippen LogP contribution in [0.2, 0.25) is 0 Å². The Hall–Kier alpha value is -4.02. The molecule has 200 valence electrons. The number of aromatic nitrogens is 1. The number of rotatable bonds is 8.